The molecule has 138 valence electrons. The van der Waals surface area contributed by atoms with Crippen molar-refractivity contribution in [1.82, 2.24) is 4.90 Å². The molecular weight excluding hydrogens is 335 g/mol. The van der Waals surface area contributed by atoms with Gasteiger partial charge in [0.2, 0.25) is 0 Å². The van der Waals surface area contributed by atoms with Gasteiger partial charge in [-0.25, -0.2) is 4.79 Å². The monoisotopic (exact) mass is 357 g/mol. The minimum atomic E-state index is -4.46. The Morgan fingerprint density at radius 2 is 1.88 bits per heavy atom. The first kappa shape index (κ1) is 19.3. The number of piperidine rings is 1. The molecule has 1 aliphatic rings. The number of carbonyl (C=O) groups is 2. The Labute approximate surface area is 144 Å². The van der Waals surface area contributed by atoms with Crippen LogP contribution in [0.2, 0.25) is 0 Å². The molecule has 7 heteroatoms. The van der Waals surface area contributed by atoms with Crippen LogP contribution in [0.25, 0.3) is 0 Å². The summed E-state index contributed by atoms with van der Waals surface area (Å²) < 4.78 is 42.8. The predicted molar refractivity (Wildman–Crippen MR) is 86.0 cm³/mol. The lowest BCUT2D eigenvalue weighted by Crippen LogP contribution is -2.48. The zero-order valence-corrected chi connectivity index (χ0v) is 14.3. The second-order valence-corrected chi connectivity index (χ2v) is 6.21. The van der Waals surface area contributed by atoms with Crippen LogP contribution in [0.15, 0.2) is 24.3 Å². The smallest absolute Gasteiger partial charge is 0.416 e. The molecule has 0 saturated carbocycles. The number of alkyl halides is 3. The largest absolute Gasteiger partial charge is 0.449 e. The van der Waals surface area contributed by atoms with E-state index in [0.29, 0.717) is 6.54 Å². The molecule has 0 bridgehead atoms. The average Bonchev–Trinajstić information content (AvgIpc) is 2.60. The maximum Gasteiger partial charge on any atom is 0.416 e. The summed E-state index contributed by atoms with van der Waals surface area (Å²) in [5.41, 5.74) is -0.856. The van der Waals surface area contributed by atoms with Crippen LogP contribution in [0.5, 0.6) is 0 Å². The third-order valence-electron chi connectivity index (χ3n) is 4.46. The van der Waals surface area contributed by atoms with Crippen LogP contribution in [0.1, 0.15) is 55.5 Å². The summed E-state index contributed by atoms with van der Waals surface area (Å²) in [6.45, 7) is 4.14. The Hall–Kier alpha value is -2.05. The molecule has 0 spiro atoms. The standard InChI is InChI=1S/C18H22F3NO3/c1-3-15-6-4-5-11-22(15)16(23)12(2)25-17(24)13-7-9-14(10-8-13)18(19,20)21/h7-10,12,15H,3-6,11H2,1-2H3. The van der Waals surface area contributed by atoms with Crippen molar-refractivity contribution >= 4 is 11.9 Å². The van der Waals surface area contributed by atoms with Crippen LogP contribution in [0.3, 0.4) is 0 Å². The molecule has 1 aromatic rings. The summed E-state index contributed by atoms with van der Waals surface area (Å²) in [6, 6.07) is 3.89. The highest BCUT2D eigenvalue weighted by Gasteiger charge is 2.32. The van der Waals surface area contributed by atoms with E-state index in [1.165, 1.54) is 6.92 Å². The minimum Gasteiger partial charge on any atom is -0.449 e. The molecule has 1 heterocycles. The number of hydrogen-bond donors (Lipinski definition) is 0. The van der Waals surface area contributed by atoms with E-state index in [0.717, 1.165) is 49.9 Å². The molecule has 2 atom stereocenters. The molecule has 0 aliphatic carbocycles. The lowest BCUT2D eigenvalue weighted by atomic mass is 9.99. The van der Waals surface area contributed by atoms with Gasteiger partial charge in [-0.1, -0.05) is 6.92 Å². The number of amides is 1. The van der Waals surface area contributed by atoms with Gasteiger partial charge in [-0.2, -0.15) is 13.2 Å². The number of ether oxygens (including phenoxy) is 1. The van der Waals surface area contributed by atoms with Crippen molar-refractivity contribution in [3.05, 3.63) is 35.4 Å². The van der Waals surface area contributed by atoms with E-state index in [9.17, 15) is 22.8 Å². The fraction of sp³-hybridized carbons (Fsp3) is 0.556. The van der Waals surface area contributed by atoms with Gasteiger partial charge in [0.1, 0.15) is 0 Å². The number of halogens is 3. The fourth-order valence-corrected chi connectivity index (χ4v) is 3.02. The normalized spacial score (nSPS) is 19.4. The lowest BCUT2D eigenvalue weighted by Gasteiger charge is -2.36. The van der Waals surface area contributed by atoms with Crippen molar-refractivity contribution in [3.63, 3.8) is 0 Å². The van der Waals surface area contributed by atoms with Gasteiger partial charge in [-0.05, 0) is 56.9 Å². The molecule has 2 rings (SSSR count). The Kier molecular flexibility index (Phi) is 6.08. The Balaban J connectivity index is 2.00. The van der Waals surface area contributed by atoms with Crippen LogP contribution in [-0.2, 0) is 15.7 Å². The maximum atomic E-state index is 12.5. The molecule has 1 amide bonds. The van der Waals surface area contributed by atoms with Crippen LogP contribution in [0.4, 0.5) is 13.2 Å². The zero-order valence-electron chi connectivity index (χ0n) is 14.3. The number of hydrogen-bond acceptors (Lipinski definition) is 3. The van der Waals surface area contributed by atoms with Gasteiger partial charge < -0.3 is 9.64 Å². The molecule has 1 saturated heterocycles. The van der Waals surface area contributed by atoms with Gasteiger partial charge in [0.25, 0.3) is 5.91 Å². The van der Waals surface area contributed by atoms with Crippen molar-refractivity contribution < 1.29 is 27.5 Å². The highest BCUT2D eigenvalue weighted by atomic mass is 19.4. The second-order valence-electron chi connectivity index (χ2n) is 6.21. The van der Waals surface area contributed by atoms with Crippen molar-refractivity contribution in [2.45, 2.75) is 57.9 Å². The Bertz CT molecular complexity index is 613. The molecule has 2 unspecified atom stereocenters. The minimum absolute atomic E-state index is 0.0154. The SMILES string of the molecule is CCC1CCCCN1C(=O)C(C)OC(=O)c1ccc(C(F)(F)F)cc1. The van der Waals surface area contributed by atoms with Crippen LogP contribution in [0, 0.1) is 0 Å². The van der Waals surface area contributed by atoms with Gasteiger partial charge in [-0.15, -0.1) is 0 Å². The van der Waals surface area contributed by atoms with Crippen LogP contribution in [-0.4, -0.2) is 35.5 Å². The highest BCUT2D eigenvalue weighted by Crippen LogP contribution is 2.29. The van der Waals surface area contributed by atoms with Crippen LogP contribution < -0.4 is 0 Å². The zero-order chi connectivity index (χ0) is 18.6. The van der Waals surface area contributed by atoms with E-state index < -0.39 is 23.8 Å². The molecule has 25 heavy (non-hydrogen) atoms. The number of likely N-dealkylation sites (tertiary alicyclic amines) is 1. The van der Waals surface area contributed by atoms with Gasteiger partial charge >= 0.3 is 12.1 Å². The number of benzene rings is 1. The van der Waals surface area contributed by atoms with Crippen molar-refractivity contribution in [2.24, 2.45) is 0 Å². The molecule has 0 N–H and O–H groups in total. The number of rotatable bonds is 4. The summed E-state index contributed by atoms with van der Waals surface area (Å²) >= 11 is 0. The summed E-state index contributed by atoms with van der Waals surface area (Å²) in [5, 5.41) is 0. The van der Waals surface area contributed by atoms with Gasteiger partial charge in [-0.3, -0.25) is 4.79 Å². The second kappa shape index (κ2) is 7.89. The van der Waals surface area contributed by atoms with E-state index in [4.69, 9.17) is 4.74 Å². The summed E-state index contributed by atoms with van der Waals surface area (Å²) in [4.78, 5) is 26.3. The first-order valence-electron chi connectivity index (χ1n) is 8.42. The molecule has 4 nitrogen and oxygen atoms in total. The van der Waals surface area contributed by atoms with Crippen LogP contribution >= 0.6 is 0 Å². The van der Waals surface area contributed by atoms with Crippen molar-refractivity contribution in [2.75, 3.05) is 6.54 Å². The molecule has 0 aromatic heterocycles. The predicted octanol–water partition coefficient (Wildman–Crippen LogP) is 4.04. The Morgan fingerprint density at radius 1 is 1.24 bits per heavy atom. The average molecular weight is 357 g/mol. The van der Waals surface area contributed by atoms with Crippen molar-refractivity contribution in [3.8, 4) is 0 Å². The van der Waals surface area contributed by atoms with Gasteiger partial charge in [0, 0.05) is 12.6 Å². The molecule has 1 aromatic carbocycles. The van der Waals surface area contributed by atoms with Gasteiger partial charge in [0.05, 0.1) is 11.1 Å². The molecular formula is C18H22F3NO3. The number of nitrogens with zero attached hydrogens (tertiary/aromatic N) is 1. The number of esters is 1. The number of carbonyl (C=O) groups excluding carboxylic acids is 2. The van der Waals surface area contributed by atoms with E-state index in [1.807, 2.05) is 6.92 Å². The third-order valence-corrected chi connectivity index (χ3v) is 4.46. The van der Waals surface area contributed by atoms with Gasteiger partial charge in [0.15, 0.2) is 6.10 Å². The first-order valence-corrected chi connectivity index (χ1v) is 8.42. The molecule has 1 fully saturated rings. The Morgan fingerprint density at radius 3 is 2.44 bits per heavy atom. The summed E-state index contributed by atoms with van der Waals surface area (Å²) in [7, 11) is 0. The maximum absolute atomic E-state index is 12.5. The molecule has 0 radical (unpaired) electrons. The highest BCUT2D eigenvalue weighted by molar-refractivity contribution is 5.92. The van der Waals surface area contributed by atoms with E-state index in [1.54, 1.807) is 4.90 Å². The summed E-state index contributed by atoms with van der Waals surface area (Å²) in [6.07, 6.45) is -1.67. The lowest BCUT2D eigenvalue weighted by molar-refractivity contribution is -0.143. The van der Waals surface area contributed by atoms with E-state index in [-0.39, 0.29) is 17.5 Å². The van der Waals surface area contributed by atoms with E-state index >= 15 is 0 Å². The quantitative estimate of drug-likeness (QED) is 0.764. The topological polar surface area (TPSA) is 46.6 Å². The summed E-state index contributed by atoms with van der Waals surface area (Å²) in [5.74, 6) is -1.06. The first-order chi connectivity index (χ1) is 11.7. The third kappa shape index (κ3) is 4.74. The molecule has 1 aliphatic heterocycles. The fourth-order valence-electron chi connectivity index (χ4n) is 3.02. The van der Waals surface area contributed by atoms with Crippen molar-refractivity contribution in [1.29, 1.82) is 0 Å². The van der Waals surface area contributed by atoms with E-state index in [2.05, 4.69) is 0 Å².